The van der Waals surface area contributed by atoms with Crippen LogP contribution in [0.1, 0.15) is 162 Å². The van der Waals surface area contributed by atoms with Gasteiger partial charge in [0, 0.05) is 175 Å². The Morgan fingerprint density at radius 2 is 0.696 bits per heavy atom. The van der Waals surface area contributed by atoms with E-state index < -0.39 is 23.5 Å². The molecule has 0 saturated carbocycles. The molecule has 0 bridgehead atoms. The predicted molar refractivity (Wildman–Crippen MR) is 538 cm³/mol. The van der Waals surface area contributed by atoms with Crippen LogP contribution in [0.5, 0.6) is 28.7 Å². The molecule has 0 unspecified atom stereocenters. The lowest BCUT2D eigenvalue weighted by atomic mass is 10.1. The summed E-state index contributed by atoms with van der Waals surface area (Å²) >= 11 is 15.7. The first-order chi connectivity index (χ1) is 65.1. The van der Waals surface area contributed by atoms with Gasteiger partial charge in [-0.1, -0.05) is 11.6 Å². The molecular weight excluding hydrogens is 1980 g/mol. The van der Waals surface area contributed by atoms with Crippen molar-refractivity contribution in [3.8, 4) is 108 Å². The molecule has 37 nitrogen and oxygen atoms in total. The van der Waals surface area contributed by atoms with Crippen molar-refractivity contribution in [3.63, 3.8) is 0 Å². The summed E-state index contributed by atoms with van der Waals surface area (Å²) in [5.74, 6) is 6.55. The number of aromatic nitrogens is 17. The van der Waals surface area contributed by atoms with E-state index in [1.165, 1.54) is 0 Å². The maximum Gasteiger partial charge on any atom is 0.514 e. The van der Waals surface area contributed by atoms with Gasteiger partial charge in [0.1, 0.15) is 79.6 Å². The molecule has 0 amide bonds. The lowest BCUT2D eigenvalue weighted by Crippen LogP contribution is -2.45. The molecule has 12 aromatic rings. The van der Waals surface area contributed by atoms with E-state index in [0.29, 0.717) is 131 Å². The number of carbonyl (C=O) groups is 2. The summed E-state index contributed by atoms with van der Waals surface area (Å²) in [6, 6.07) is 28.4. The number of nitrogens with one attached hydrogen (secondary N) is 4. The van der Waals surface area contributed by atoms with Crippen molar-refractivity contribution < 1.29 is 57.1 Å². The van der Waals surface area contributed by atoms with E-state index in [1.54, 1.807) is 148 Å². The van der Waals surface area contributed by atoms with E-state index >= 15 is 0 Å². The average molecular weight is 2100 g/mol. The first-order valence-corrected chi connectivity index (χ1v) is 47.9. The Morgan fingerprint density at radius 3 is 1.01 bits per heavy atom. The number of hydrogen-bond acceptors (Lipinski definition) is 37. The molecule has 4 atom stereocenters. The second-order valence-corrected chi connectivity index (χ2v) is 42.6. The normalized spacial score (nSPS) is 16.2. The summed E-state index contributed by atoms with van der Waals surface area (Å²) in [4.78, 5) is 63.4. The number of hydrogen-bond donors (Lipinski definition) is 6. The lowest BCUT2D eigenvalue weighted by molar-refractivity contribution is 0.0193. The van der Waals surface area contributed by atoms with E-state index in [0.717, 1.165) is 110 Å². The van der Waals surface area contributed by atoms with Crippen LogP contribution in [-0.2, 0) is 14.2 Å². The summed E-state index contributed by atoms with van der Waals surface area (Å²) in [7, 11) is 1.55. The third-order valence-electron chi connectivity index (χ3n) is 20.5. The second-order valence-electron chi connectivity index (χ2n) is 39.5. The summed E-state index contributed by atoms with van der Waals surface area (Å²) in [5.41, 5.74) is 5.09. The number of pyridine rings is 5. The Hall–Kier alpha value is -11.8. The molecule has 12 aromatic heterocycles. The van der Waals surface area contributed by atoms with Gasteiger partial charge in [0.25, 0.3) is 0 Å². The van der Waals surface area contributed by atoms with Crippen molar-refractivity contribution in [3.05, 3.63) is 165 Å². The zero-order valence-electron chi connectivity index (χ0n) is 81.6. The maximum atomic E-state index is 12.5. The fourth-order valence-electron chi connectivity index (χ4n) is 15.2. The third kappa shape index (κ3) is 31.9. The summed E-state index contributed by atoms with van der Waals surface area (Å²) in [6.45, 7) is 47.7. The standard InChI is InChI=1S/C26H34N6O4.C22H30BrN5O3.C21H26N6O2.C17H22BrN5O.C11H9BrClN3O2/c1-16-27-14-21(34-16)17-12-20(35-24(33)36-26(5,6)7)23(28-13-17)19-8-9-22(31-30-19)32-11-10-18(15-32)29-25(2,3)4;1-21(2,3)25-15-9-10-28(13-15)18-8-7-16(26-27-18)19-17(11-14(23)12-24-19)30-20(29)31-22(4,5)6;1-13-22-11-18(29-13)14-9-17(28)20(23-10-14)16-5-6-19(26-25-16)27-8-7-15(12-27)24-21(2,3)4;1-17(2,3)20-12-6-7-23(10-12)15-5-4-13(21-22-15)16-14(24)8-11(18)9-19-16;1-17-6-18-9-4-7(12)5-14-11(9)8-2-3-10(13)16-15-8/h8-9,12-14,18,29H,10-11,15H2,1-7H3;7-8,11-12,15,25H,9-10,13H2,1-6H3;5-6,9-11,15,24,28H,7-8,12H2,1-4H3;4-5,8-9,12,20,24H,6-7,10H2,1-3H3;2-5H,6H2,1H3/t18-;2*15-;12-;/m1111./s1. The maximum absolute atomic E-state index is 12.5. The molecular formula is C97H121Br3ClN25O12. The highest BCUT2D eigenvalue weighted by Crippen LogP contribution is 2.38. The van der Waals surface area contributed by atoms with Gasteiger partial charge in [0.05, 0.1) is 12.4 Å². The van der Waals surface area contributed by atoms with E-state index in [1.807, 2.05) is 48.5 Å². The second kappa shape index (κ2) is 45.9. The molecule has 0 aliphatic carbocycles. The average Bonchev–Trinajstić information content (AvgIpc) is 1.26. The summed E-state index contributed by atoms with van der Waals surface area (Å²) < 4.78 is 45.2. The minimum atomic E-state index is -0.838. The van der Waals surface area contributed by atoms with Crippen molar-refractivity contribution in [2.75, 3.05) is 85.9 Å². The Morgan fingerprint density at radius 1 is 0.391 bits per heavy atom. The van der Waals surface area contributed by atoms with Gasteiger partial charge in [-0.15, -0.1) is 51.0 Å². The summed E-state index contributed by atoms with van der Waals surface area (Å²) in [6.07, 6.45) is 14.0. The molecule has 41 heteroatoms. The van der Waals surface area contributed by atoms with E-state index in [2.05, 4.69) is 258 Å². The minimum Gasteiger partial charge on any atom is -0.506 e. The van der Waals surface area contributed by atoms with E-state index in [4.69, 9.17) is 48.9 Å². The van der Waals surface area contributed by atoms with Gasteiger partial charge >= 0.3 is 12.3 Å². The first-order valence-electron chi connectivity index (χ1n) is 45.2. The number of aryl methyl sites for hydroxylation is 2. The Balaban J connectivity index is 0.000000157. The minimum absolute atomic E-state index is 0.0224. The van der Waals surface area contributed by atoms with Gasteiger partial charge in [0.15, 0.2) is 75.8 Å². The highest BCUT2D eigenvalue weighted by atomic mass is 79.9. The number of carbonyl (C=O) groups excluding carboxylic acids is 2. The Bertz CT molecular complexity index is 6060. The van der Waals surface area contributed by atoms with Crippen LogP contribution in [0.25, 0.3) is 79.6 Å². The number of methoxy groups -OCH3 is 1. The van der Waals surface area contributed by atoms with E-state index in [-0.39, 0.29) is 51.9 Å². The van der Waals surface area contributed by atoms with Crippen LogP contribution in [0.3, 0.4) is 0 Å². The molecule has 16 heterocycles. The number of anilines is 4. The molecule has 4 saturated heterocycles. The van der Waals surface area contributed by atoms with Gasteiger partial charge in [-0.2, -0.15) is 0 Å². The van der Waals surface area contributed by atoms with Crippen LogP contribution < -0.4 is 55.1 Å². The molecule has 4 fully saturated rings. The Labute approximate surface area is 834 Å². The number of oxazole rings is 2. The van der Waals surface area contributed by atoms with Crippen LogP contribution in [0.15, 0.2) is 157 Å². The topological polar surface area (TPSA) is 436 Å². The number of ether oxygens (including phenoxy) is 6. The van der Waals surface area contributed by atoms with Gasteiger partial charge in [0.2, 0.25) is 0 Å². The highest BCUT2D eigenvalue weighted by Gasteiger charge is 2.34. The monoisotopic (exact) mass is 2100 g/mol. The number of rotatable bonds is 20. The Kier molecular flexibility index (Phi) is 35.0. The SMILES string of the molecule is CC(C)(C)N[C@@H]1CCN(c2ccc(-c3ncc(Br)cc3O)nn2)C1.CC(C)(C)N[C@@H]1CCN(c2ccc(-c3ncc(Br)cc3OC(=O)OC(C)(C)C)nn2)C1.COCOc1cc(Br)cnc1-c1ccc(Cl)nn1.Cc1ncc(-c2cnc(-c3ccc(N4CC[C@@H](NC(C)(C)C)C4)nn3)c(O)c2)o1.Cc1ncc(-c2cnc(-c3ccc(N4CC[C@@H](NC(C)(C)C)C4)nn3)c(OC(=O)OC(C)(C)C)c2)o1. The molecule has 4 aliphatic rings. The molecule has 0 aromatic carbocycles. The zero-order valence-corrected chi connectivity index (χ0v) is 87.1. The molecule has 6 N–H and O–H groups in total. The third-order valence-corrected chi connectivity index (χ3v) is 22.0. The lowest BCUT2D eigenvalue weighted by Gasteiger charge is -2.26. The molecule has 138 heavy (non-hydrogen) atoms. The van der Waals surface area contributed by atoms with Gasteiger partial charge < -0.3 is 88.3 Å². The predicted octanol–water partition coefficient (Wildman–Crippen LogP) is 18.4. The van der Waals surface area contributed by atoms with Gasteiger partial charge in [-0.25, -0.2) is 44.5 Å². The molecule has 734 valence electrons. The fourth-order valence-corrected chi connectivity index (χ4v) is 16.3. The van der Waals surface area contributed by atoms with E-state index in [9.17, 15) is 19.8 Å². The van der Waals surface area contributed by atoms with Crippen LogP contribution in [0.2, 0.25) is 5.15 Å². The van der Waals surface area contributed by atoms with Crippen molar-refractivity contribution in [1.82, 2.24) is 107 Å². The first kappa shape index (κ1) is 105. The fraction of sp³-hybridized carbons (Fsp3) is 0.454. The molecule has 0 spiro atoms. The smallest absolute Gasteiger partial charge is 0.506 e. The number of halogens is 4. The molecule has 0 radical (unpaired) electrons. The summed E-state index contributed by atoms with van der Waals surface area (Å²) in [5, 5.41) is 77.8. The van der Waals surface area contributed by atoms with Gasteiger partial charge in [-0.3, -0.25) is 0 Å². The zero-order chi connectivity index (χ0) is 99.8. The van der Waals surface area contributed by atoms with Crippen LogP contribution in [0.4, 0.5) is 32.9 Å². The quantitative estimate of drug-likeness (QED) is 0.0305. The van der Waals surface area contributed by atoms with Crippen molar-refractivity contribution in [2.45, 2.75) is 222 Å². The van der Waals surface area contributed by atoms with Crippen LogP contribution in [0, 0.1) is 13.8 Å². The molecule has 4 aliphatic heterocycles. The van der Waals surface area contributed by atoms with Crippen LogP contribution >= 0.6 is 59.4 Å². The molecule has 16 rings (SSSR count). The number of aromatic hydroxyl groups is 2. The number of nitrogens with zero attached hydrogens (tertiary/aromatic N) is 21. The van der Waals surface area contributed by atoms with Crippen molar-refractivity contribution in [2.24, 2.45) is 0 Å². The van der Waals surface area contributed by atoms with Gasteiger partial charge in [-0.05, 0) is 289 Å². The largest absolute Gasteiger partial charge is 0.514 e. The van der Waals surface area contributed by atoms with Crippen molar-refractivity contribution >= 4 is 95.0 Å². The highest BCUT2D eigenvalue weighted by molar-refractivity contribution is 9.11. The van der Waals surface area contributed by atoms with Crippen molar-refractivity contribution in [1.29, 1.82) is 0 Å². The van der Waals surface area contributed by atoms with Crippen LogP contribution in [-0.4, -0.2) is 232 Å².